The van der Waals surface area contributed by atoms with Gasteiger partial charge in [-0.25, -0.2) is 0 Å². The van der Waals surface area contributed by atoms with Crippen LogP contribution in [0.25, 0.3) is 0 Å². The third-order valence-corrected chi connectivity index (χ3v) is 4.44. The van der Waals surface area contributed by atoms with Crippen molar-refractivity contribution in [3.05, 3.63) is 29.6 Å². The van der Waals surface area contributed by atoms with E-state index in [0.717, 1.165) is 25.1 Å². The summed E-state index contributed by atoms with van der Waals surface area (Å²) in [5.74, 6) is -0.00135. The van der Waals surface area contributed by atoms with Crippen LogP contribution in [-0.2, 0) is 6.54 Å². The molecule has 2 saturated heterocycles. The van der Waals surface area contributed by atoms with Gasteiger partial charge in [-0.2, -0.15) is 0 Å². The number of hydrogen-bond donors (Lipinski definition) is 2. The van der Waals surface area contributed by atoms with E-state index in [2.05, 4.69) is 15.2 Å². The second kappa shape index (κ2) is 5.89. The summed E-state index contributed by atoms with van der Waals surface area (Å²) >= 11 is 0. The smallest absolute Gasteiger partial charge is 0.251 e. The number of amides is 1. The number of rotatable bonds is 3. The minimum Gasteiger partial charge on any atom is -0.349 e. The van der Waals surface area contributed by atoms with Gasteiger partial charge in [0.25, 0.3) is 5.91 Å². The van der Waals surface area contributed by atoms with E-state index in [1.165, 1.54) is 19.4 Å². The molecule has 0 bridgehead atoms. The Morgan fingerprint density at radius 2 is 2.35 bits per heavy atom. The summed E-state index contributed by atoms with van der Waals surface area (Å²) in [5.41, 5.74) is 6.98. The van der Waals surface area contributed by atoms with E-state index < -0.39 is 0 Å². The van der Waals surface area contributed by atoms with Gasteiger partial charge in [0, 0.05) is 36.9 Å². The zero-order valence-electron chi connectivity index (χ0n) is 11.7. The predicted octanol–water partition coefficient (Wildman–Crippen LogP) is 0.897. The first-order valence-electron chi connectivity index (χ1n) is 7.46. The highest BCUT2D eigenvalue weighted by Crippen LogP contribution is 2.26. The normalized spacial score (nSPS) is 26.2. The van der Waals surface area contributed by atoms with E-state index >= 15 is 0 Å². The minimum atomic E-state index is -0.00135. The number of piperidine rings is 1. The Bertz CT molecular complexity index is 491. The molecule has 3 heterocycles. The lowest BCUT2D eigenvalue weighted by molar-refractivity contribution is 0.0896. The van der Waals surface area contributed by atoms with Crippen molar-refractivity contribution in [1.82, 2.24) is 15.2 Å². The molecule has 0 aliphatic carbocycles. The standard InChI is InChI=1S/C15H22N4O/c16-10-13-8-11(3-5-17-13)15(20)18-12-4-7-19-6-1-2-14(19)9-12/h3,5,8,12,14H,1-2,4,6-7,9-10,16H2,(H,18,20). The highest BCUT2D eigenvalue weighted by atomic mass is 16.1. The van der Waals surface area contributed by atoms with Crippen LogP contribution >= 0.6 is 0 Å². The van der Waals surface area contributed by atoms with Gasteiger partial charge in [0.1, 0.15) is 0 Å². The number of nitrogens with one attached hydrogen (secondary N) is 1. The molecule has 3 N–H and O–H groups in total. The SMILES string of the molecule is NCc1cc(C(=O)NC2CCN3CCCC3C2)ccn1. The molecule has 1 aromatic rings. The monoisotopic (exact) mass is 274 g/mol. The lowest BCUT2D eigenvalue weighted by atomic mass is 9.97. The molecule has 0 aromatic carbocycles. The van der Waals surface area contributed by atoms with E-state index in [1.807, 2.05) is 0 Å². The number of hydrogen-bond acceptors (Lipinski definition) is 4. The number of fused-ring (bicyclic) bond motifs is 1. The topological polar surface area (TPSA) is 71.2 Å². The van der Waals surface area contributed by atoms with Crippen molar-refractivity contribution in [1.29, 1.82) is 0 Å². The summed E-state index contributed by atoms with van der Waals surface area (Å²) < 4.78 is 0. The second-order valence-corrected chi connectivity index (χ2v) is 5.77. The average Bonchev–Trinajstić information content (AvgIpc) is 2.95. The molecular weight excluding hydrogens is 252 g/mol. The van der Waals surface area contributed by atoms with Crippen molar-refractivity contribution >= 4 is 5.91 Å². The molecule has 2 atom stereocenters. The summed E-state index contributed by atoms with van der Waals surface area (Å²) in [5, 5.41) is 3.16. The highest BCUT2D eigenvalue weighted by Gasteiger charge is 2.32. The lowest BCUT2D eigenvalue weighted by Crippen LogP contribution is -2.47. The Labute approximate surface area is 119 Å². The Kier molecular flexibility index (Phi) is 3.98. The minimum absolute atomic E-state index is 0.00135. The third kappa shape index (κ3) is 2.83. The van der Waals surface area contributed by atoms with Crippen molar-refractivity contribution < 1.29 is 4.79 Å². The van der Waals surface area contributed by atoms with Crippen LogP contribution in [0.4, 0.5) is 0 Å². The highest BCUT2D eigenvalue weighted by molar-refractivity contribution is 5.94. The summed E-state index contributed by atoms with van der Waals surface area (Å²) in [6.45, 7) is 2.71. The summed E-state index contributed by atoms with van der Waals surface area (Å²) in [6.07, 6.45) is 6.36. The first-order chi connectivity index (χ1) is 9.76. The van der Waals surface area contributed by atoms with Crippen LogP contribution in [0.15, 0.2) is 18.3 Å². The van der Waals surface area contributed by atoms with E-state index in [1.54, 1.807) is 18.3 Å². The van der Waals surface area contributed by atoms with Crippen LogP contribution in [-0.4, -0.2) is 41.0 Å². The molecule has 2 aliphatic heterocycles. The largest absolute Gasteiger partial charge is 0.349 e. The maximum Gasteiger partial charge on any atom is 0.251 e. The number of pyridine rings is 1. The zero-order valence-corrected chi connectivity index (χ0v) is 11.7. The van der Waals surface area contributed by atoms with Crippen LogP contribution in [0, 0.1) is 0 Å². The molecule has 0 radical (unpaired) electrons. The van der Waals surface area contributed by atoms with E-state index in [9.17, 15) is 4.79 Å². The molecule has 108 valence electrons. The van der Waals surface area contributed by atoms with Crippen molar-refractivity contribution in [3.8, 4) is 0 Å². The molecule has 2 fully saturated rings. The van der Waals surface area contributed by atoms with Gasteiger partial charge >= 0.3 is 0 Å². The number of carbonyl (C=O) groups excluding carboxylic acids is 1. The Hall–Kier alpha value is -1.46. The van der Waals surface area contributed by atoms with Crippen LogP contribution in [0.5, 0.6) is 0 Å². The summed E-state index contributed by atoms with van der Waals surface area (Å²) in [4.78, 5) is 19.0. The number of nitrogens with two attached hydrogens (primary N) is 1. The summed E-state index contributed by atoms with van der Waals surface area (Å²) in [7, 11) is 0. The van der Waals surface area contributed by atoms with Crippen LogP contribution < -0.4 is 11.1 Å². The van der Waals surface area contributed by atoms with E-state index in [-0.39, 0.29) is 5.91 Å². The van der Waals surface area contributed by atoms with Gasteiger partial charge in [-0.1, -0.05) is 0 Å². The van der Waals surface area contributed by atoms with Crippen molar-refractivity contribution in [3.63, 3.8) is 0 Å². The molecule has 0 saturated carbocycles. The summed E-state index contributed by atoms with van der Waals surface area (Å²) in [6, 6.07) is 4.50. The fourth-order valence-corrected chi connectivity index (χ4v) is 3.36. The fourth-order valence-electron chi connectivity index (χ4n) is 3.36. The van der Waals surface area contributed by atoms with Gasteiger partial charge < -0.3 is 16.0 Å². The molecule has 0 spiro atoms. The first kappa shape index (κ1) is 13.5. The van der Waals surface area contributed by atoms with Gasteiger partial charge in [-0.05, 0) is 44.4 Å². The number of carbonyl (C=O) groups is 1. The van der Waals surface area contributed by atoms with Gasteiger partial charge in [0.15, 0.2) is 0 Å². The zero-order chi connectivity index (χ0) is 13.9. The Balaban J connectivity index is 1.61. The Morgan fingerprint density at radius 1 is 1.45 bits per heavy atom. The molecular formula is C15H22N4O. The maximum absolute atomic E-state index is 12.3. The van der Waals surface area contributed by atoms with E-state index in [4.69, 9.17) is 5.73 Å². The van der Waals surface area contributed by atoms with Gasteiger partial charge in [0.2, 0.25) is 0 Å². The molecule has 1 amide bonds. The Morgan fingerprint density at radius 3 is 3.20 bits per heavy atom. The molecule has 1 aromatic heterocycles. The molecule has 2 aliphatic rings. The van der Waals surface area contributed by atoms with Crippen LogP contribution in [0.1, 0.15) is 41.7 Å². The quantitative estimate of drug-likeness (QED) is 0.859. The third-order valence-electron chi connectivity index (χ3n) is 4.44. The second-order valence-electron chi connectivity index (χ2n) is 5.77. The maximum atomic E-state index is 12.3. The molecule has 2 unspecified atom stereocenters. The first-order valence-corrected chi connectivity index (χ1v) is 7.46. The average molecular weight is 274 g/mol. The molecule has 3 rings (SSSR count). The fraction of sp³-hybridized carbons (Fsp3) is 0.600. The van der Waals surface area contributed by atoms with Crippen LogP contribution in [0.2, 0.25) is 0 Å². The van der Waals surface area contributed by atoms with Gasteiger partial charge in [-0.15, -0.1) is 0 Å². The van der Waals surface area contributed by atoms with Gasteiger partial charge in [-0.3, -0.25) is 9.78 Å². The molecule has 5 heteroatoms. The number of nitrogens with zero attached hydrogens (tertiary/aromatic N) is 2. The van der Waals surface area contributed by atoms with Crippen molar-refractivity contribution in [2.45, 2.75) is 44.3 Å². The van der Waals surface area contributed by atoms with Crippen molar-refractivity contribution in [2.75, 3.05) is 13.1 Å². The molecule has 5 nitrogen and oxygen atoms in total. The van der Waals surface area contributed by atoms with Crippen LogP contribution in [0.3, 0.4) is 0 Å². The van der Waals surface area contributed by atoms with Gasteiger partial charge in [0.05, 0.1) is 5.69 Å². The molecule has 20 heavy (non-hydrogen) atoms. The predicted molar refractivity (Wildman–Crippen MR) is 77.2 cm³/mol. The van der Waals surface area contributed by atoms with E-state index in [0.29, 0.717) is 24.2 Å². The van der Waals surface area contributed by atoms with Crippen molar-refractivity contribution in [2.24, 2.45) is 5.73 Å². The lowest BCUT2D eigenvalue weighted by Gasteiger charge is -2.35. The number of aromatic nitrogens is 1.